The van der Waals surface area contributed by atoms with Crippen LogP contribution in [0.1, 0.15) is 6.92 Å². The van der Waals surface area contributed by atoms with E-state index >= 15 is 0 Å². The van der Waals surface area contributed by atoms with E-state index in [-0.39, 0.29) is 6.79 Å². The number of rotatable bonds is 4. The van der Waals surface area contributed by atoms with Gasteiger partial charge in [-0.3, -0.25) is 0 Å². The van der Waals surface area contributed by atoms with Crippen molar-refractivity contribution in [2.45, 2.75) is 13.0 Å². The van der Waals surface area contributed by atoms with Gasteiger partial charge in [-0.1, -0.05) is 11.6 Å². The van der Waals surface area contributed by atoms with Crippen LogP contribution in [0.25, 0.3) is 0 Å². The number of benzene rings is 2. The van der Waals surface area contributed by atoms with E-state index in [2.05, 4.69) is 0 Å². The first-order chi connectivity index (χ1) is 10.6. The fraction of sp³-hybridized carbons (Fsp3) is 0.188. The van der Waals surface area contributed by atoms with E-state index in [1.807, 2.05) is 0 Å². The molecule has 22 heavy (non-hydrogen) atoms. The van der Waals surface area contributed by atoms with Crippen LogP contribution in [-0.4, -0.2) is 18.9 Å². The summed E-state index contributed by atoms with van der Waals surface area (Å²) in [6.07, 6.45) is -0.758. The Labute approximate surface area is 132 Å². The Kier molecular flexibility index (Phi) is 4.06. The van der Waals surface area contributed by atoms with Crippen LogP contribution >= 0.6 is 11.6 Å². The molecule has 5 nitrogen and oxygen atoms in total. The van der Waals surface area contributed by atoms with Gasteiger partial charge in [0.25, 0.3) is 0 Å². The van der Waals surface area contributed by atoms with Gasteiger partial charge < -0.3 is 18.9 Å². The van der Waals surface area contributed by atoms with Crippen LogP contribution < -0.4 is 18.9 Å². The van der Waals surface area contributed by atoms with Crippen LogP contribution in [0.4, 0.5) is 0 Å². The van der Waals surface area contributed by atoms with Gasteiger partial charge in [0.05, 0.1) is 0 Å². The minimum absolute atomic E-state index is 0.169. The lowest BCUT2D eigenvalue weighted by Gasteiger charge is -2.14. The Balaban J connectivity index is 1.62. The summed E-state index contributed by atoms with van der Waals surface area (Å²) in [5.41, 5.74) is 0. The maximum absolute atomic E-state index is 12.0. The SMILES string of the molecule is C[C@H](Oc1ccc(Cl)cc1)C(=O)Oc1ccc2c(c1)OCO2. The number of esters is 1. The maximum atomic E-state index is 12.0. The lowest BCUT2D eigenvalue weighted by molar-refractivity contribution is -0.141. The van der Waals surface area contributed by atoms with Crippen molar-refractivity contribution in [3.05, 3.63) is 47.5 Å². The highest BCUT2D eigenvalue weighted by Crippen LogP contribution is 2.35. The Morgan fingerprint density at radius 3 is 2.55 bits per heavy atom. The van der Waals surface area contributed by atoms with Gasteiger partial charge in [0.2, 0.25) is 6.79 Å². The topological polar surface area (TPSA) is 54.0 Å². The molecule has 0 bridgehead atoms. The quantitative estimate of drug-likeness (QED) is 0.638. The first-order valence-electron chi connectivity index (χ1n) is 6.65. The first-order valence-corrected chi connectivity index (χ1v) is 7.03. The van der Waals surface area contributed by atoms with E-state index in [1.165, 1.54) is 0 Å². The molecule has 114 valence electrons. The predicted octanol–water partition coefficient (Wildman–Crippen LogP) is 3.44. The Bertz CT molecular complexity index is 683. The summed E-state index contributed by atoms with van der Waals surface area (Å²) >= 11 is 5.80. The molecule has 0 N–H and O–H groups in total. The molecule has 1 atom stereocenters. The van der Waals surface area contributed by atoms with Crippen molar-refractivity contribution in [3.8, 4) is 23.0 Å². The van der Waals surface area contributed by atoms with Gasteiger partial charge in [0.1, 0.15) is 11.5 Å². The smallest absolute Gasteiger partial charge is 0.352 e. The molecule has 2 aromatic rings. The Morgan fingerprint density at radius 1 is 1.09 bits per heavy atom. The second-order valence-corrected chi connectivity index (χ2v) is 5.09. The van der Waals surface area contributed by atoms with Crippen LogP contribution in [0.5, 0.6) is 23.0 Å². The van der Waals surface area contributed by atoms with Crippen molar-refractivity contribution in [2.24, 2.45) is 0 Å². The zero-order chi connectivity index (χ0) is 15.5. The number of hydrogen-bond donors (Lipinski definition) is 0. The normalized spacial score (nSPS) is 13.5. The molecule has 0 aromatic heterocycles. The average Bonchev–Trinajstić information content (AvgIpc) is 2.97. The van der Waals surface area contributed by atoms with Gasteiger partial charge in [0.15, 0.2) is 17.6 Å². The Morgan fingerprint density at radius 2 is 1.77 bits per heavy atom. The second kappa shape index (κ2) is 6.15. The van der Waals surface area contributed by atoms with E-state index in [4.69, 9.17) is 30.5 Å². The van der Waals surface area contributed by atoms with Crippen LogP contribution in [0.2, 0.25) is 5.02 Å². The monoisotopic (exact) mass is 320 g/mol. The fourth-order valence-corrected chi connectivity index (χ4v) is 2.03. The van der Waals surface area contributed by atoms with E-state index < -0.39 is 12.1 Å². The molecular weight excluding hydrogens is 308 g/mol. The number of hydrogen-bond acceptors (Lipinski definition) is 5. The van der Waals surface area contributed by atoms with Gasteiger partial charge in [0, 0.05) is 11.1 Å². The summed E-state index contributed by atoms with van der Waals surface area (Å²) in [6.45, 7) is 1.78. The average molecular weight is 321 g/mol. The van der Waals surface area contributed by atoms with Gasteiger partial charge in [-0.2, -0.15) is 0 Å². The number of halogens is 1. The second-order valence-electron chi connectivity index (χ2n) is 4.65. The number of ether oxygens (including phenoxy) is 4. The number of carbonyl (C=O) groups excluding carboxylic acids is 1. The third-order valence-electron chi connectivity index (χ3n) is 3.02. The largest absolute Gasteiger partial charge is 0.479 e. The molecule has 0 aliphatic carbocycles. The highest BCUT2D eigenvalue weighted by atomic mass is 35.5. The standard InChI is InChI=1S/C16H13ClO5/c1-10(21-12-4-2-11(17)3-5-12)16(18)22-13-6-7-14-15(8-13)20-9-19-14/h2-8,10H,9H2,1H3/t10-/m0/s1. The summed E-state index contributed by atoms with van der Waals surface area (Å²) in [7, 11) is 0. The zero-order valence-electron chi connectivity index (χ0n) is 11.7. The molecular formula is C16H13ClO5. The van der Waals surface area contributed by atoms with Crippen LogP contribution in [-0.2, 0) is 4.79 Å². The summed E-state index contributed by atoms with van der Waals surface area (Å²) in [4.78, 5) is 12.0. The highest BCUT2D eigenvalue weighted by molar-refractivity contribution is 6.30. The molecule has 0 fully saturated rings. The molecule has 1 aliphatic heterocycles. The molecule has 0 saturated heterocycles. The summed E-state index contributed by atoms with van der Waals surface area (Å²) in [5.74, 6) is 1.59. The van der Waals surface area contributed by atoms with Crippen LogP contribution in [0.15, 0.2) is 42.5 Å². The highest BCUT2D eigenvalue weighted by Gasteiger charge is 2.19. The molecule has 2 aromatic carbocycles. The van der Waals surface area contributed by atoms with Crippen molar-refractivity contribution in [1.29, 1.82) is 0 Å². The number of carbonyl (C=O) groups is 1. The fourth-order valence-electron chi connectivity index (χ4n) is 1.90. The van der Waals surface area contributed by atoms with E-state index in [9.17, 15) is 4.79 Å². The van der Waals surface area contributed by atoms with E-state index in [0.717, 1.165) is 0 Å². The van der Waals surface area contributed by atoms with Gasteiger partial charge >= 0.3 is 5.97 Å². The van der Waals surface area contributed by atoms with E-state index in [0.29, 0.717) is 28.0 Å². The van der Waals surface area contributed by atoms with Crippen molar-refractivity contribution < 1.29 is 23.7 Å². The van der Waals surface area contributed by atoms with Gasteiger partial charge in [-0.25, -0.2) is 4.79 Å². The third-order valence-corrected chi connectivity index (χ3v) is 3.27. The molecule has 6 heteroatoms. The molecule has 1 heterocycles. The minimum Gasteiger partial charge on any atom is -0.479 e. The van der Waals surface area contributed by atoms with Crippen molar-refractivity contribution in [2.75, 3.05) is 6.79 Å². The zero-order valence-corrected chi connectivity index (χ0v) is 12.5. The Hall–Kier alpha value is -2.40. The van der Waals surface area contributed by atoms with E-state index in [1.54, 1.807) is 49.4 Å². The molecule has 1 aliphatic rings. The molecule has 0 spiro atoms. The summed E-state index contributed by atoms with van der Waals surface area (Å²) < 4.78 is 21.2. The molecule has 0 amide bonds. The van der Waals surface area contributed by atoms with Crippen LogP contribution in [0, 0.1) is 0 Å². The first kappa shape index (κ1) is 14.5. The molecule has 3 rings (SSSR count). The molecule has 0 radical (unpaired) electrons. The molecule has 0 unspecified atom stereocenters. The third kappa shape index (κ3) is 3.26. The maximum Gasteiger partial charge on any atom is 0.352 e. The number of fused-ring (bicyclic) bond motifs is 1. The van der Waals surface area contributed by atoms with Gasteiger partial charge in [-0.05, 0) is 43.3 Å². The summed E-state index contributed by atoms with van der Waals surface area (Å²) in [6, 6.07) is 11.7. The lowest BCUT2D eigenvalue weighted by atomic mass is 10.3. The lowest BCUT2D eigenvalue weighted by Crippen LogP contribution is -2.28. The molecule has 0 saturated carbocycles. The van der Waals surface area contributed by atoms with Gasteiger partial charge in [-0.15, -0.1) is 0 Å². The van der Waals surface area contributed by atoms with Crippen LogP contribution in [0.3, 0.4) is 0 Å². The summed E-state index contributed by atoms with van der Waals surface area (Å²) in [5, 5.41) is 0.600. The van der Waals surface area contributed by atoms with Crippen molar-refractivity contribution in [1.82, 2.24) is 0 Å². The van der Waals surface area contributed by atoms with Crippen molar-refractivity contribution >= 4 is 17.6 Å². The van der Waals surface area contributed by atoms with Crippen molar-refractivity contribution in [3.63, 3.8) is 0 Å². The predicted molar refractivity (Wildman–Crippen MR) is 79.7 cm³/mol. The minimum atomic E-state index is -0.758.